The molecule has 3 aromatic heterocycles. The number of halogens is 1. The second kappa shape index (κ2) is 11.6. The predicted octanol–water partition coefficient (Wildman–Crippen LogP) is 4.91. The summed E-state index contributed by atoms with van der Waals surface area (Å²) in [5, 5.41) is 9.60. The minimum atomic E-state index is -0.248. The zero-order valence-electron chi connectivity index (χ0n) is 19.4. The molecule has 4 rings (SSSR count). The van der Waals surface area contributed by atoms with Crippen LogP contribution in [0.1, 0.15) is 11.1 Å². The second-order valence-corrected chi connectivity index (χ2v) is 9.42. The minimum absolute atomic E-state index is 0.248. The van der Waals surface area contributed by atoms with Crippen molar-refractivity contribution >= 4 is 40.8 Å². The molecule has 13 heteroatoms. The Labute approximate surface area is 215 Å². The third-order valence-corrected chi connectivity index (χ3v) is 6.91. The van der Waals surface area contributed by atoms with Crippen molar-refractivity contribution in [2.45, 2.75) is 6.10 Å². The molecule has 0 saturated heterocycles. The van der Waals surface area contributed by atoms with Crippen molar-refractivity contribution in [3.63, 3.8) is 0 Å². The molecule has 0 unspecified atom stereocenters. The Morgan fingerprint density at radius 3 is 2.40 bits per heavy atom. The lowest BCUT2D eigenvalue weighted by Crippen LogP contribution is -2.09. The average Bonchev–Trinajstić information content (AvgIpc) is 3.52. The van der Waals surface area contributed by atoms with Gasteiger partial charge < -0.3 is 18.9 Å². The van der Waals surface area contributed by atoms with Crippen molar-refractivity contribution in [3.8, 4) is 34.6 Å². The zero-order valence-corrected chi connectivity index (χ0v) is 21.8. The fraction of sp³-hybridized carbons (Fsp3) is 0.273. The average molecular weight is 535 g/mol. The van der Waals surface area contributed by atoms with Crippen LogP contribution in [0, 0.1) is 0 Å². The van der Waals surface area contributed by atoms with Gasteiger partial charge in [-0.05, 0) is 30.1 Å². The van der Waals surface area contributed by atoms with Crippen molar-refractivity contribution in [2.24, 2.45) is 0 Å². The molecule has 0 saturated carbocycles. The van der Waals surface area contributed by atoms with E-state index in [2.05, 4.69) is 24.9 Å². The van der Waals surface area contributed by atoms with E-state index in [-0.39, 0.29) is 6.10 Å². The molecule has 0 amide bonds. The molecule has 184 valence electrons. The van der Waals surface area contributed by atoms with Gasteiger partial charge in [0.25, 0.3) is 0 Å². The van der Waals surface area contributed by atoms with Crippen LogP contribution in [-0.2, 0) is 4.74 Å². The number of nitrogens with one attached hydrogen (secondary N) is 1. The number of hydrogen-bond donors (Lipinski definition) is 1. The summed E-state index contributed by atoms with van der Waals surface area (Å²) in [6, 6.07) is 11.0. The van der Waals surface area contributed by atoms with Crippen LogP contribution in [0.3, 0.4) is 0 Å². The van der Waals surface area contributed by atoms with Gasteiger partial charge in [-0.2, -0.15) is 0 Å². The van der Waals surface area contributed by atoms with Gasteiger partial charge in [-0.3, -0.25) is 9.29 Å². The Morgan fingerprint density at radius 1 is 1.03 bits per heavy atom. The molecule has 0 aliphatic rings. The van der Waals surface area contributed by atoms with Gasteiger partial charge in [0.2, 0.25) is 11.8 Å². The molecule has 10 nitrogen and oxygen atoms in total. The number of rotatable bonds is 11. The lowest BCUT2D eigenvalue weighted by molar-refractivity contribution is 0.123. The molecule has 1 aromatic carbocycles. The molecular formula is C22H23ClN6O4S2. The lowest BCUT2D eigenvalue weighted by atomic mass is 10.2. The minimum Gasteiger partial charge on any atom is -0.494 e. The Hall–Kier alpha value is -3.06. The first-order valence-corrected chi connectivity index (χ1v) is 12.5. The van der Waals surface area contributed by atoms with Crippen LogP contribution in [-0.4, -0.2) is 58.9 Å². The van der Waals surface area contributed by atoms with E-state index in [0.717, 1.165) is 5.01 Å². The van der Waals surface area contributed by atoms with Gasteiger partial charge >= 0.3 is 0 Å². The van der Waals surface area contributed by atoms with Crippen molar-refractivity contribution < 1.29 is 18.9 Å². The van der Waals surface area contributed by atoms with Crippen LogP contribution in [0.25, 0.3) is 17.2 Å². The molecule has 4 aromatic rings. The second-order valence-electron chi connectivity index (χ2n) is 6.90. The molecule has 0 fully saturated rings. The fourth-order valence-corrected chi connectivity index (χ4v) is 5.17. The summed E-state index contributed by atoms with van der Waals surface area (Å²) in [6.45, 7) is 0. The van der Waals surface area contributed by atoms with E-state index < -0.39 is 0 Å². The van der Waals surface area contributed by atoms with E-state index in [1.165, 1.54) is 23.3 Å². The number of thiazole rings is 1. The number of para-hydroxylation sites is 1. The number of benzene rings is 1. The summed E-state index contributed by atoms with van der Waals surface area (Å²) in [5.74, 6) is 3.08. The number of pyridine rings is 1. The first-order chi connectivity index (χ1) is 17.1. The van der Waals surface area contributed by atoms with Crippen molar-refractivity contribution in [3.05, 3.63) is 51.9 Å². The molecule has 1 atom stereocenters. The third-order valence-electron chi connectivity index (χ3n) is 4.90. The monoisotopic (exact) mass is 534 g/mol. The molecule has 0 radical (unpaired) electrons. The van der Waals surface area contributed by atoms with Crippen molar-refractivity contribution in [2.75, 3.05) is 38.9 Å². The maximum atomic E-state index is 6.04. The number of methoxy groups -OCH3 is 4. The topological polar surface area (TPSA) is 105 Å². The summed E-state index contributed by atoms with van der Waals surface area (Å²) in [7, 11) is 6.38. The molecule has 35 heavy (non-hydrogen) atoms. The quantitative estimate of drug-likeness (QED) is 0.267. The van der Waals surface area contributed by atoms with E-state index in [1.54, 1.807) is 45.3 Å². The molecule has 1 N–H and O–H groups in total. The number of nitrogens with zero attached hydrogens (tertiary/aromatic N) is 5. The Kier molecular flexibility index (Phi) is 8.29. The maximum Gasteiger partial charge on any atom is 0.239 e. The number of hydrogen-bond acceptors (Lipinski definition) is 11. The molecule has 3 heterocycles. The normalized spacial score (nSPS) is 11.8. The Balaban J connectivity index is 1.72. The van der Waals surface area contributed by atoms with Crippen LogP contribution < -0.4 is 18.9 Å². The molecule has 0 aliphatic heterocycles. The summed E-state index contributed by atoms with van der Waals surface area (Å²) >= 11 is 8.81. The number of ether oxygens (including phenoxy) is 4. The molecule has 0 spiro atoms. The number of anilines is 1. The highest BCUT2D eigenvalue weighted by molar-refractivity contribution is 8.00. The summed E-state index contributed by atoms with van der Waals surface area (Å²) in [6.07, 6.45) is 1.37. The van der Waals surface area contributed by atoms with Crippen LogP contribution >= 0.6 is 34.9 Å². The highest BCUT2D eigenvalue weighted by atomic mass is 35.5. The van der Waals surface area contributed by atoms with Gasteiger partial charge in [0.1, 0.15) is 38.3 Å². The smallest absolute Gasteiger partial charge is 0.239 e. The summed E-state index contributed by atoms with van der Waals surface area (Å²) in [5.41, 5.74) is 1.19. The largest absolute Gasteiger partial charge is 0.494 e. The molecular weight excluding hydrogens is 512 g/mol. The molecule has 0 aliphatic carbocycles. The third kappa shape index (κ3) is 5.45. The predicted molar refractivity (Wildman–Crippen MR) is 137 cm³/mol. The molecule has 0 bridgehead atoms. The Morgan fingerprint density at radius 2 is 1.77 bits per heavy atom. The zero-order chi connectivity index (χ0) is 24.8. The van der Waals surface area contributed by atoms with E-state index in [1.807, 2.05) is 30.3 Å². The summed E-state index contributed by atoms with van der Waals surface area (Å²) in [4.78, 5) is 8.85. The van der Waals surface area contributed by atoms with Gasteiger partial charge in [-0.25, -0.2) is 9.97 Å². The van der Waals surface area contributed by atoms with Gasteiger partial charge in [-0.15, -0.1) is 21.5 Å². The van der Waals surface area contributed by atoms with Crippen molar-refractivity contribution in [1.29, 1.82) is 0 Å². The Bertz CT molecular complexity index is 1260. The van der Waals surface area contributed by atoms with Crippen molar-refractivity contribution in [1.82, 2.24) is 24.7 Å². The highest BCUT2D eigenvalue weighted by Gasteiger charge is 2.24. The van der Waals surface area contributed by atoms with Crippen LogP contribution in [0.2, 0.25) is 4.34 Å². The van der Waals surface area contributed by atoms with Crippen LogP contribution in [0.4, 0.5) is 5.95 Å². The van der Waals surface area contributed by atoms with E-state index in [9.17, 15) is 0 Å². The van der Waals surface area contributed by atoms with Gasteiger partial charge in [0, 0.05) is 18.9 Å². The van der Waals surface area contributed by atoms with Crippen LogP contribution in [0.5, 0.6) is 17.4 Å². The van der Waals surface area contributed by atoms with E-state index in [4.69, 9.17) is 30.5 Å². The van der Waals surface area contributed by atoms with Gasteiger partial charge in [0.05, 0.1) is 27.5 Å². The lowest BCUT2D eigenvalue weighted by Gasteiger charge is -2.18. The van der Waals surface area contributed by atoms with Crippen LogP contribution in [0.15, 0.2) is 42.6 Å². The maximum absolute atomic E-state index is 6.04. The van der Waals surface area contributed by atoms with Gasteiger partial charge in [0.15, 0.2) is 5.82 Å². The van der Waals surface area contributed by atoms with E-state index in [0.29, 0.717) is 50.6 Å². The highest BCUT2D eigenvalue weighted by Crippen LogP contribution is 2.38. The standard InChI is InChI=1S/C22H23ClN6O4S2/c1-30-14-8-6-9-15(31-2)19(14)29-20(13-7-5-10-18(25-13)33-4)26-27-22(29)28-34-12-16(32-3)21-24-11-17(23)35-21/h5-11,16H,12H2,1-4H3,(H,27,28)/t16-/m0/s1. The SMILES string of the molecule is COc1cccc(-c2nnc(NSC[C@H](OC)c3ncc(Cl)s3)n2-c2c(OC)cccc2OC)n1. The first kappa shape index (κ1) is 25.0. The fourth-order valence-electron chi connectivity index (χ4n) is 3.27. The van der Waals surface area contributed by atoms with E-state index >= 15 is 0 Å². The van der Waals surface area contributed by atoms with Gasteiger partial charge in [-0.1, -0.05) is 23.7 Å². The number of aromatic nitrogens is 5. The summed E-state index contributed by atoms with van der Waals surface area (Å²) < 4.78 is 27.9. The first-order valence-electron chi connectivity index (χ1n) is 10.3.